The van der Waals surface area contributed by atoms with Crippen molar-refractivity contribution < 1.29 is 0 Å². The second-order valence-electron chi connectivity index (χ2n) is 4.52. The van der Waals surface area contributed by atoms with Gasteiger partial charge in [-0.05, 0) is 59.0 Å². The summed E-state index contributed by atoms with van der Waals surface area (Å²) >= 11 is 2.35. The molecule has 1 aliphatic rings. The fourth-order valence-corrected chi connectivity index (χ4v) is 2.66. The van der Waals surface area contributed by atoms with E-state index in [0.717, 1.165) is 18.5 Å². The number of rotatable bonds is 3. The highest BCUT2D eigenvalue weighted by molar-refractivity contribution is 14.1. The van der Waals surface area contributed by atoms with Crippen molar-refractivity contribution in [3.05, 3.63) is 33.4 Å². The van der Waals surface area contributed by atoms with Gasteiger partial charge in [0.05, 0.1) is 0 Å². The normalized spacial score (nSPS) is 25.7. The van der Waals surface area contributed by atoms with Crippen molar-refractivity contribution in [3.63, 3.8) is 0 Å². The lowest BCUT2D eigenvalue weighted by molar-refractivity contribution is 0.426. The molecule has 0 radical (unpaired) electrons. The molecule has 1 aliphatic carbocycles. The van der Waals surface area contributed by atoms with Gasteiger partial charge in [-0.15, -0.1) is 0 Å². The number of benzene rings is 1. The van der Waals surface area contributed by atoms with Crippen molar-refractivity contribution in [2.45, 2.75) is 38.8 Å². The van der Waals surface area contributed by atoms with Crippen LogP contribution in [0.2, 0.25) is 0 Å². The maximum Gasteiger partial charge on any atom is 0.0208 e. The van der Waals surface area contributed by atoms with Gasteiger partial charge in [-0.3, -0.25) is 0 Å². The first kappa shape index (κ1) is 11.4. The third kappa shape index (κ3) is 3.18. The summed E-state index contributed by atoms with van der Waals surface area (Å²) in [6.07, 6.45) is 4.14. The minimum Gasteiger partial charge on any atom is -0.310 e. The van der Waals surface area contributed by atoms with Gasteiger partial charge in [0.25, 0.3) is 0 Å². The summed E-state index contributed by atoms with van der Waals surface area (Å²) in [5.41, 5.74) is 1.40. The Morgan fingerprint density at radius 3 is 2.60 bits per heavy atom. The molecule has 0 bridgehead atoms. The molecule has 0 spiro atoms. The van der Waals surface area contributed by atoms with Gasteiger partial charge in [-0.2, -0.15) is 0 Å². The van der Waals surface area contributed by atoms with E-state index in [4.69, 9.17) is 0 Å². The van der Waals surface area contributed by atoms with E-state index in [2.05, 4.69) is 59.1 Å². The quantitative estimate of drug-likeness (QED) is 0.841. The van der Waals surface area contributed by atoms with Crippen LogP contribution in [0.3, 0.4) is 0 Å². The minimum absolute atomic E-state index is 0.740. The Balaban J connectivity index is 1.85. The van der Waals surface area contributed by atoms with Crippen LogP contribution in [0, 0.1) is 9.49 Å². The summed E-state index contributed by atoms with van der Waals surface area (Å²) in [4.78, 5) is 0. The lowest BCUT2D eigenvalue weighted by atomic mass is 10.1. The molecule has 0 saturated heterocycles. The zero-order valence-corrected chi connectivity index (χ0v) is 11.3. The number of hydrogen-bond donors (Lipinski definition) is 1. The molecule has 0 amide bonds. The van der Waals surface area contributed by atoms with Gasteiger partial charge in [0.1, 0.15) is 0 Å². The molecule has 1 fully saturated rings. The van der Waals surface area contributed by atoms with Gasteiger partial charge in [-0.1, -0.05) is 25.5 Å². The lowest BCUT2D eigenvalue weighted by Gasteiger charge is -2.17. The van der Waals surface area contributed by atoms with Crippen LogP contribution in [-0.2, 0) is 6.54 Å². The zero-order valence-electron chi connectivity index (χ0n) is 9.17. The predicted molar refractivity (Wildman–Crippen MR) is 72.8 cm³/mol. The second-order valence-corrected chi connectivity index (χ2v) is 5.77. The third-order valence-electron chi connectivity index (χ3n) is 3.34. The van der Waals surface area contributed by atoms with Gasteiger partial charge >= 0.3 is 0 Å². The maximum absolute atomic E-state index is 3.66. The van der Waals surface area contributed by atoms with Crippen molar-refractivity contribution in [2.24, 2.45) is 5.92 Å². The number of halogens is 1. The van der Waals surface area contributed by atoms with E-state index >= 15 is 0 Å². The summed E-state index contributed by atoms with van der Waals surface area (Å²) < 4.78 is 1.31. The summed E-state index contributed by atoms with van der Waals surface area (Å²) in [7, 11) is 0. The Kier molecular flexibility index (Phi) is 4.03. The van der Waals surface area contributed by atoms with Crippen molar-refractivity contribution in [2.75, 3.05) is 0 Å². The Morgan fingerprint density at radius 2 is 2.00 bits per heavy atom. The topological polar surface area (TPSA) is 12.0 Å². The first-order valence-electron chi connectivity index (χ1n) is 5.73. The van der Waals surface area contributed by atoms with Crippen LogP contribution in [0.25, 0.3) is 0 Å². The average Bonchev–Trinajstić information content (AvgIpc) is 2.63. The van der Waals surface area contributed by atoms with E-state index in [1.807, 2.05) is 0 Å². The molecular weight excluding hydrogens is 297 g/mol. The van der Waals surface area contributed by atoms with Crippen molar-refractivity contribution in [1.82, 2.24) is 5.32 Å². The van der Waals surface area contributed by atoms with E-state index in [1.54, 1.807) is 0 Å². The smallest absolute Gasteiger partial charge is 0.0208 e. The number of nitrogens with one attached hydrogen (secondary N) is 1. The van der Waals surface area contributed by atoms with Gasteiger partial charge in [0, 0.05) is 16.2 Å². The Morgan fingerprint density at radius 1 is 1.27 bits per heavy atom. The largest absolute Gasteiger partial charge is 0.310 e. The molecule has 1 N–H and O–H groups in total. The van der Waals surface area contributed by atoms with E-state index < -0.39 is 0 Å². The third-order valence-corrected chi connectivity index (χ3v) is 4.06. The fraction of sp³-hybridized carbons (Fsp3) is 0.538. The molecule has 82 valence electrons. The molecule has 2 unspecified atom stereocenters. The van der Waals surface area contributed by atoms with Crippen molar-refractivity contribution >= 4 is 22.6 Å². The first-order valence-corrected chi connectivity index (χ1v) is 6.81. The van der Waals surface area contributed by atoms with E-state index in [-0.39, 0.29) is 0 Å². The zero-order chi connectivity index (χ0) is 10.7. The monoisotopic (exact) mass is 315 g/mol. The van der Waals surface area contributed by atoms with E-state index in [0.29, 0.717) is 0 Å². The average molecular weight is 315 g/mol. The number of hydrogen-bond acceptors (Lipinski definition) is 1. The first-order chi connectivity index (χ1) is 7.25. The molecule has 0 aliphatic heterocycles. The highest BCUT2D eigenvalue weighted by Gasteiger charge is 2.22. The van der Waals surface area contributed by atoms with Crippen LogP contribution < -0.4 is 5.32 Å². The van der Waals surface area contributed by atoms with Crippen LogP contribution in [0.4, 0.5) is 0 Å². The minimum atomic E-state index is 0.740. The maximum atomic E-state index is 3.66. The Bertz CT molecular complexity index is 307. The van der Waals surface area contributed by atoms with Gasteiger partial charge in [0.15, 0.2) is 0 Å². The van der Waals surface area contributed by atoms with Crippen LogP contribution in [0.5, 0.6) is 0 Å². The van der Waals surface area contributed by atoms with Gasteiger partial charge in [-0.25, -0.2) is 0 Å². The lowest BCUT2D eigenvalue weighted by Crippen LogP contribution is -2.30. The van der Waals surface area contributed by atoms with Crippen LogP contribution in [0.15, 0.2) is 24.3 Å². The molecule has 0 aromatic heterocycles. The van der Waals surface area contributed by atoms with Crippen molar-refractivity contribution in [1.29, 1.82) is 0 Å². The molecule has 2 rings (SSSR count). The van der Waals surface area contributed by atoms with Gasteiger partial charge in [0.2, 0.25) is 0 Å². The second kappa shape index (κ2) is 5.30. The Labute approximate surface area is 106 Å². The molecule has 1 aromatic rings. The van der Waals surface area contributed by atoms with Crippen LogP contribution >= 0.6 is 22.6 Å². The summed E-state index contributed by atoms with van der Waals surface area (Å²) in [6, 6.07) is 9.53. The van der Waals surface area contributed by atoms with Crippen LogP contribution in [0.1, 0.15) is 31.7 Å². The Hall–Kier alpha value is -0.0900. The highest BCUT2D eigenvalue weighted by atomic mass is 127. The van der Waals surface area contributed by atoms with E-state index in [1.165, 1.54) is 28.4 Å². The van der Waals surface area contributed by atoms with Crippen molar-refractivity contribution in [3.8, 4) is 0 Å². The molecule has 0 heterocycles. The summed E-state index contributed by atoms with van der Waals surface area (Å²) in [5.74, 6) is 0.855. The summed E-state index contributed by atoms with van der Waals surface area (Å²) in [6.45, 7) is 3.38. The molecule has 15 heavy (non-hydrogen) atoms. The molecule has 1 nitrogen and oxygen atoms in total. The van der Waals surface area contributed by atoms with E-state index in [9.17, 15) is 0 Å². The molecule has 2 heteroatoms. The SMILES string of the molecule is CC1CCCC1NCc1ccc(I)cc1. The molecular formula is C13H18IN. The molecule has 1 saturated carbocycles. The van der Waals surface area contributed by atoms with Crippen LogP contribution in [-0.4, -0.2) is 6.04 Å². The highest BCUT2D eigenvalue weighted by Crippen LogP contribution is 2.25. The molecule has 1 aromatic carbocycles. The molecule has 2 atom stereocenters. The van der Waals surface area contributed by atoms with Gasteiger partial charge < -0.3 is 5.32 Å². The standard InChI is InChI=1S/C13H18IN/c1-10-3-2-4-13(10)15-9-11-5-7-12(14)8-6-11/h5-8,10,13,15H,2-4,9H2,1H3. The summed E-state index contributed by atoms with van der Waals surface area (Å²) in [5, 5.41) is 3.66. The predicted octanol–water partition coefficient (Wildman–Crippen LogP) is 3.57. The fourth-order valence-electron chi connectivity index (χ4n) is 2.30.